The summed E-state index contributed by atoms with van der Waals surface area (Å²) >= 11 is 0. The van der Waals surface area contributed by atoms with E-state index in [1.807, 2.05) is 0 Å². The Balaban J connectivity index is 2.42. The van der Waals surface area contributed by atoms with Crippen LogP contribution < -0.4 is 0 Å². The van der Waals surface area contributed by atoms with E-state index in [1.54, 1.807) is 37.3 Å². The van der Waals surface area contributed by atoms with Crippen LogP contribution in [0.5, 0.6) is 0 Å². The minimum atomic E-state index is -4.55. The molecule has 94 valence electrons. The molecule has 0 saturated carbocycles. The lowest BCUT2D eigenvalue weighted by atomic mass is 10.1. The van der Waals surface area contributed by atoms with E-state index in [0.717, 1.165) is 0 Å². The topological polar surface area (TPSA) is 35.5 Å². The number of benzene rings is 1. The maximum atomic E-state index is 11.7. The summed E-state index contributed by atoms with van der Waals surface area (Å²) in [6.07, 6.45) is -6.54. The molecule has 0 aliphatic carbocycles. The Morgan fingerprint density at radius 2 is 1.88 bits per heavy atom. The van der Waals surface area contributed by atoms with Crippen LogP contribution in [0, 0.1) is 0 Å². The fraction of sp³-hybridized carbons (Fsp3) is 0.364. The van der Waals surface area contributed by atoms with Crippen LogP contribution in [0.1, 0.15) is 18.6 Å². The molecule has 0 aromatic heterocycles. The Morgan fingerprint density at radius 1 is 1.29 bits per heavy atom. The van der Waals surface area contributed by atoms with Gasteiger partial charge in [-0.25, -0.2) is 4.79 Å². The van der Waals surface area contributed by atoms with Crippen LogP contribution in [0.3, 0.4) is 0 Å². The van der Waals surface area contributed by atoms with Crippen molar-refractivity contribution in [2.24, 2.45) is 0 Å². The molecule has 0 heterocycles. The maximum Gasteiger partial charge on any atom is 0.509 e. The highest BCUT2D eigenvalue weighted by Gasteiger charge is 2.30. The van der Waals surface area contributed by atoms with Crippen LogP contribution >= 0.6 is 0 Å². The summed E-state index contributed by atoms with van der Waals surface area (Å²) in [5, 5.41) is 0. The van der Waals surface area contributed by atoms with Crippen molar-refractivity contribution in [1.29, 1.82) is 0 Å². The van der Waals surface area contributed by atoms with Crippen LogP contribution in [0.4, 0.5) is 18.0 Å². The molecule has 1 aromatic rings. The van der Waals surface area contributed by atoms with Gasteiger partial charge in [-0.3, -0.25) is 0 Å². The Kier molecular flexibility index (Phi) is 4.37. The fourth-order valence-corrected chi connectivity index (χ4v) is 1.11. The van der Waals surface area contributed by atoms with Gasteiger partial charge in [0.05, 0.1) is 0 Å². The minimum Gasteiger partial charge on any atom is -0.426 e. The molecule has 0 fully saturated rings. The third-order valence-electron chi connectivity index (χ3n) is 1.90. The second-order valence-electron chi connectivity index (χ2n) is 3.32. The molecule has 0 unspecified atom stereocenters. The highest BCUT2D eigenvalue weighted by molar-refractivity contribution is 5.60. The van der Waals surface area contributed by atoms with Gasteiger partial charge in [-0.2, -0.15) is 13.2 Å². The van der Waals surface area contributed by atoms with Gasteiger partial charge in [0, 0.05) is 0 Å². The first-order valence-corrected chi connectivity index (χ1v) is 4.83. The second kappa shape index (κ2) is 5.56. The highest BCUT2D eigenvalue weighted by atomic mass is 19.4. The molecular formula is C11H11F3O3. The number of rotatable bonds is 3. The Labute approximate surface area is 96.1 Å². The van der Waals surface area contributed by atoms with E-state index in [4.69, 9.17) is 0 Å². The molecule has 0 N–H and O–H groups in total. The van der Waals surface area contributed by atoms with Crippen molar-refractivity contribution in [2.45, 2.75) is 19.2 Å². The van der Waals surface area contributed by atoms with Crippen LogP contribution in [0.15, 0.2) is 30.3 Å². The van der Waals surface area contributed by atoms with E-state index < -0.39 is 25.0 Å². The van der Waals surface area contributed by atoms with Crippen molar-refractivity contribution in [2.75, 3.05) is 6.61 Å². The normalized spacial score (nSPS) is 12.9. The first kappa shape index (κ1) is 13.3. The van der Waals surface area contributed by atoms with Gasteiger partial charge in [0.25, 0.3) is 0 Å². The van der Waals surface area contributed by atoms with Crippen molar-refractivity contribution in [3.05, 3.63) is 35.9 Å². The molecular weight excluding hydrogens is 237 g/mol. The quantitative estimate of drug-likeness (QED) is 0.768. The van der Waals surface area contributed by atoms with Crippen LogP contribution in [0.25, 0.3) is 0 Å². The average Bonchev–Trinajstić information content (AvgIpc) is 2.27. The van der Waals surface area contributed by atoms with Crippen molar-refractivity contribution < 1.29 is 27.4 Å². The lowest BCUT2D eigenvalue weighted by Crippen LogP contribution is -2.21. The van der Waals surface area contributed by atoms with Crippen molar-refractivity contribution in [3.63, 3.8) is 0 Å². The summed E-state index contributed by atoms with van der Waals surface area (Å²) in [4.78, 5) is 10.9. The SMILES string of the molecule is C[C@H](OC(=O)OCC(F)(F)F)c1ccccc1. The third kappa shape index (κ3) is 5.24. The standard InChI is InChI=1S/C11H11F3O3/c1-8(9-5-3-2-4-6-9)17-10(15)16-7-11(12,13)14/h2-6,8H,7H2,1H3/t8-/m0/s1. The number of carbonyl (C=O) groups excluding carboxylic acids is 1. The molecule has 0 aliphatic rings. The van der Waals surface area contributed by atoms with Gasteiger partial charge < -0.3 is 9.47 Å². The number of hydrogen-bond acceptors (Lipinski definition) is 3. The zero-order chi connectivity index (χ0) is 12.9. The van der Waals surface area contributed by atoms with Gasteiger partial charge in [0.15, 0.2) is 6.61 Å². The van der Waals surface area contributed by atoms with Crippen LogP contribution in [0.2, 0.25) is 0 Å². The van der Waals surface area contributed by atoms with Gasteiger partial charge in [-0.15, -0.1) is 0 Å². The molecule has 0 bridgehead atoms. The first-order valence-electron chi connectivity index (χ1n) is 4.83. The Bertz CT molecular complexity index is 362. The Morgan fingerprint density at radius 3 is 2.41 bits per heavy atom. The van der Waals surface area contributed by atoms with Gasteiger partial charge in [0.2, 0.25) is 0 Å². The number of carbonyl (C=O) groups is 1. The molecule has 0 amide bonds. The second-order valence-corrected chi connectivity index (χ2v) is 3.32. The monoisotopic (exact) mass is 248 g/mol. The number of hydrogen-bond donors (Lipinski definition) is 0. The van der Waals surface area contributed by atoms with Crippen LogP contribution in [-0.2, 0) is 9.47 Å². The molecule has 17 heavy (non-hydrogen) atoms. The number of ether oxygens (including phenoxy) is 2. The number of alkyl halides is 3. The predicted octanol–water partition coefficient (Wildman–Crippen LogP) is 3.46. The van der Waals surface area contributed by atoms with E-state index >= 15 is 0 Å². The summed E-state index contributed by atoms with van der Waals surface area (Å²) in [5.41, 5.74) is 0.677. The highest BCUT2D eigenvalue weighted by Crippen LogP contribution is 2.18. The van der Waals surface area contributed by atoms with E-state index in [0.29, 0.717) is 5.56 Å². The molecule has 0 spiro atoms. The summed E-state index contributed by atoms with van der Waals surface area (Å²) in [7, 11) is 0. The first-order chi connectivity index (χ1) is 7.88. The van der Waals surface area contributed by atoms with E-state index in [1.165, 1.54) is 0 Å². The predicted molar refractivity (Wildman–Crippen MR) is 53.3 cm³/mol. The van der Waals surface area contributed by atoms with Crippen LogP contribution in [-0.4, -0.2) is 18.9 Å². The summed E-state index contributed by atoms with van der Waals surface area (Å²) < 4.78 is 43.8. The molecule has 0 aliphatic heterocycles. The van der Waals surface area contributed by atoms with E-state index in [2.05, 4.69) is 9.47 Å². The summed E-state index contributed by atoms with van der Waals surface area (Å²) in [5.74, 6) is 0. The van der Waals surface area contributed by atoms with E-state index in [9.17, 15) is 18.0 Å². The molecule has 1 atom stereocenters. The Hall–Kier alpha value is -1.72. The largest absolute Gasteiger partial charge is 0.509 e. The zero-order valence-corrected chi connectivity index (χ0v) is 9.03. The lowest BCUT2D eigenvalue weighted by Gasteiger charge is -2.14. The molecule has 0 radical (unpaired) electrons. The van der Waals surface area contributed by atoms with Crippen molar-refractivity contribution >= 4 is 6.16 Å². The third-order valence-corrected chi connectivity index (χ3v) is 1.90. The lowest BCUT2D eigenvalue weighted by molar-refractivity contribution is -0.166. The zero-order valence-electron chi connectivity index (χ0n) is 9.03. The average molecular weight is 248 g/mol. The molecule has 6 heteroatoms. The fourth-order valence-electron chi connectivity index (χ4n) is 1.11. The van der Waals surface area contributed by atoms with Gasteiger partial charge in [-0.1, -0.05) is 30.3 Å². The van der Waals surface area contributed by atoms with Crippen molar-refractivity contribution in [1.82, 2.24) is 0 Å². The maximum absolute atomic E-state index is 11.7. The van der Waals surface area contributed by atoms with Gasteiger partial charge >= 0.3 is 12.3 Å². The molecule has 1 aromatic carbocycles. The van der Waals surface area contributed by atoms with Crippen molar-refractivity contribution in [3.8, 4) is 0 Å². The summed E-state index contributed by atoms with van der Waals surface area (Å²) in [6.45, 7) is -0.0997. The minimum absolute atomic E-state index is 0.656. The smallest absolute Gasteiger partial charge is 0.426 e. The molecule has 0 saturated heterocycles. The van der Waals surface area contributed by atoms with Gasteiger partial charge in [0.1, 0.15) is 6.10 Å². The van der Waals surface area contributed by atoms with E-state index in [-0.39, 0.29) is 0 Å². The number of halogens is 3. The summed E-state index contributed by atoms with van der Waals surface area (Å²) in [6, 6.07) is 8.63. The molecule has 1 rings (SSSR count). The molecule has 3 nitrogen and oxygen atoms in total. The van der Waals surface area contributed by atoms with Gasteiger partial charge in [-0.05, 0) is 12.5 Å².